The van der Waals surface area contributed by atoms with Crippen molar-refractivity contribution in [2.45, 2.75) is 25.9 Å². The molecule has 0 amide bonds. The van der Waals surface area contributed by atoms with Crippen LogP contribution in [0.15, 0.2) is 60.7 Å². The molecule has 0 aliphatic heterocycles. The minimum Gasteiger partial charge on any atom is -0.373 e. The molecule has 24 heavy (non-hydrogen) atoms. The number of hydrogen-bond donors (Lipinski definition) is 1. The van der Waals surface area contributed by atoms with Gasteiger partial charge in [0, 0.05) is 13.0 Å². The molecule has 0 bridgehead atoms. The largest absolute Gasteiger partial charge is 0.373 e. The Kier molecular flexibility index (Phi) is 8.13. The number of carbonyl (C=O) groups is 1. The Morgan fingerprint density at radius 2 is 1.33 bits per heavy atom. The number of halogens is 1. The number of hydrogen-bond acceptors (Lipinski definition) is 3. The average molecular weight is 348 g/mol. The first kappa shape index (κ1) is 20.4. The molecule has 3 nitrogen and oxygen atoms in total. The molecule has 0 aliphatic carbocycles. The summed E-state index contributed by atoms with van der Waals surface area (Å²) < 4.78 is 0. The minimum atomic E-state index is -1.59. The van der Waals surface area contributed by atoms with E-state index in [-0.39, 0.29) is 18.2 Å². The SMILES string of the molecule is CCN(CC)CCC(=O)C(O)(c1ccccc1)c1ccccc1.Cl. The normalized spacial score (nSPS) is 11.2. The Bertz CT molecular complexity index is 573. The molecule has 130 valence electrons. The van der Waals surface area contributed by atoms with Gasteiger partial charge in [0.1, 0.15) is 0 Å². The van der Waals surface area contributed by atoms with E-state index in [0.717, 1.165) is 13.1 Å². The molecular weight excluding hydrogens is 322 g/mol. The zero-order valence-corrected chi connectivity index (χ0v) is 15.1. The fourth-order valence-corrected chi connectivity index (χ4v) is 2.83. The molecule has 0 unspecified atom stereocenters. The maximum atomic E-state index is 12.9. The van der Waals surface area contributed by atoms with Crippen LogP contribution < -0.4 is 0 Å². The van der Waals surface area contributed by atoms with Crippen LogP contribution in [0.1, 0.15) is 31.4 Å². The Morgan fingerprint density at radius 3 is 1.71 bits per heavy atom. The van der Waals surface area contributed by atoms with Crippen LogP contribution in [0, 0.1) is 0 Å². The molecule has 0 spiro atoms. The summed E-state index contributed by atoms with van der Waals surface area (Å²) in [6, 6.07) is 18.4. The number of carbonyl (C=O) groups excluding carboxylic acids is 1. The van der Waals surface area contributed by atoms with Gasteiger partial charge in [-0.05, 0) is 24.2 Å². The second-order valence-corrected chi connectivity index (χ2v) is 5.64. The van der Waals surface area contributed by atoms with E-state index in [9.17, 15) is 9.90 Å². The van der Waals surface area contributed by atoms with Gasteiger partial charge in [0.2, 0.25) is 0 Å². The van der Waals surface area contributed by atoms with Gasteiger partial charge in [0.15, 0.2) is 11.4 Å². The maximum absolute atomic E-state index is 12.9. The van der Waals surface area contributed by atoms with Crippen molar-refractivity contribution < 1.29 is 9.90 Å². The molecule has 0 saturated heterocycles. The van der Waals surface area contributed by atoms with E-state index in [0.29, 0.717) is 24.1 Å². The third kappa shape index (κ3) is 4.44. The van der Waals surface area contributed by atoms with Crippen LogP contribution in [0.2, 0.25) is 0 Å². The first-order chi connectivity index (χ1) is 11.1. The molecule has 0 aliphatic rings. The Labute approximate surface area is 150 Å². The summed E-state index contributed by atoms with van der Waals surface area (Å²) in [5.41, 5.74) is -0.346. The van der Waals surface area contributed by atoms with Crippen molar-refractivity contribution in [2.75, 3.05) is 19.6 Å². The van der Waals surface area contributed by atoms with Gasteiger partial charge in [0.05, 0.1) is 0 Å². The van der Waals surface area contributed by atoms with Crippen LogP contribution in [-0.2, 0) is 10.4 Å². The van der Waals surface area contributed by atoms with Crippen LogP contribution in [0.25, 0.3) is 0 Å². The van der Waals surface area contributed by atoms with E-state index in [2.05, 4.69) is 18.7 Å². The topological polar surface area (TPSA) is 40.5 Å². The molecule has 0 heterocycles. The van der Waals surface area contributed by atoms with Gasteiger partial charge < -0.3 is 10.0 Å². The Balaban J connectivity index is 0.00000288. The van der Waals surface area contributed by atoms with Crippen molar-refractivity contribution in [2.24, 2.45) is 0 Å². The Hall–Kier alpha value is -1.68. The van der Waals surface area contributed by atoms with Gasteiger partial charge in [0.25, 0.3) is 0 Å². The van der Waals surface area contributed by atoms with Crippen molar-refractivity contribution in [3.05, 3.63) is 71.8 Å². The van der Waals surface area contributed by atoms with Crippen molar-refractivity contribution >= 4 is 18.2 Å². The highest BCUT2D eigenvalue weighted by molar-refractivity contribution is 5.92. The number of nitrogens with zero attached hydrogens (tertiary/aromatic N) is 1. The van der Waals surface area contributed by atoms with Crippen molar-refractivity contribution in [1.82, 2.24) is 4.90 Å². The summed E-state index contributed by atoms with van der Waals surface area (Å²) in [4.78, 5) is 15.1. The molecule has 2 aromatic rings. The zero-order valence-electron chi connectivity index (χ0n) is 14.3. The summed E-state index contributed by atoms with van der Waals surface area (Å²) in [6.07, 6.45) is 0.321. The van der Waals surface area contributed by atoms with E-state index in [1.165, 1.54) is 0 Å². The summed E-state index contributed by atoms with van der Waals surface area (Å²) >= 11 is 0. The summed E-state index contributed by atoms with van der Waals surface area (Å²) in [5.74, 6) is -0.165. The lowest BCUT2D eigenvalue weighted by Crippen LogP contribution is -2.39. The first-order valence-electron chi connectivity index (χ1n) is 8.22. The molecule has 0 saturated carbocycles. The van der Waals surface area contributed by atoms with Gasteiger partial charge in [-0.15, -0.1) is 12.4 Å². The van der Waals surface area contributed by atoms with Crippen molar-refractivity contribution in [1.29, 1.82) is 0 Å². The third-order valence-corrected chi connectivity index (χ3v) is 4.34. The first-order valence-corrected chi connectivity index (χ1v) is 8.22. The van der Waals surface area contributed by atoms with Crippen LogP contribution in [0.4, 0.5) is 0 Å². The lowest BCUT2D eigenvalue weighted by Gasteiger charge is -2.29. The number of Topliss-reactive ketones (excluding diaryl/α,β-unsaturated/α-hetero) is 1. The average Bonchev–Trinajstić information content (AvgIpc) is 2.63. The van der Waals surface area contributed by atoms with Gasteiger partial charge in [-0.25, -0.2) is 0 Å². The summed E-state index contributed by atoms with van der Waals surface area (Å²) in [5, 5.41) is 11.3. The fourth-order valence-electron chi connectivity index (χ4n) is 2.83. The Morgan fingerprint density at radius 1 is 0.917 bits per heavy atom. The predicted molar refractivity (Wildman–Crippen MR) is 101 cm³/mol. The summed E-state index contributed by atoms with van der Waals surface area (Å²) in [6.45, 7) is 6.62. The van der Waals surface area contributed by atoms with Crippen LogP contribution in [0.5, 0.6) is 0 Å². The van der Waals surface area contributed by atoms with E-state index < -0.39 is 5.60 Å². The molecule has 2 aromatic carbocycles. The molecule has 0 atom stereocenters. The van der Waals surface area contributed by atoms with Gasteiger partial charge in [-0.1, -0.05) is 74.5 Å². The lowest BCUT2D eigenvalue weighted by molar-refractivity contribution is -0.134. The quantitative estimate of drug-likeness (QED) is 0.792. The molecule has 4 heteroatoms. The van der Waals surface area contributed by atoms with Crippen molar-refractivity contribution in [3.8, 4) is 0 Å². The molecule has 0 radical (unpaired) electrons. The molecule has 2 rings (SSSR count). The number of rotatable bonds is 8. The fraction of sp³-hybridized carbons (Fsp3) is 0.350. The molecule has 0 fully saturated rings. The second kappa shape index (κ2) is 9.58. The van der Waals surface area contributed by atoms with Crippen molar-refractivity contribution in [3.63, 3.8) is 0 Å². The predicted octanol–water partition coefficient (Wildman–Crippen LogP) is 3.65. The molecule has 0 aromatic heterocycles. The second-order valence-electron chi connectivity index (χ2n) is 5.64. The minimum absolute atomic E-state index is 0. The zero-order chi connectivity index (χ0) is 16.7. The highest BCUT2D eigenvalue weighted by Gasteiger charge is 2.38. The van der Waals surface area contributed by atoms with E-state index in [1.54, 1.807) is 0 Å². The van der Waals surface area contributed by atoms with Crippen LogP contribution >= 0.6 is 12.4 Å². The molecular formula is C20H26ClNO2. The monoisotopic (exact) mass is 347 g/mol. The number of aliphatic hydroxyl groups is 1. The van der Waals surface area contributed by atoms with Gasteiger partial charge in [-0.2, -0.15) is 0 Å². The standard InChI is InChI=1S/C20H25NO2.ClH/c1-3-21(4-2)16-15-19(22)20(23,17-11-7-5-8-12-17)18-13-9-6-10-14-18;/h5-14,23H,3-4,15-16H2,1-2H3;1H. The van der Waals surface area contributed by atoms with Crippen LogP contribution in [-0.4, -0.2) is 35.4 Å². The highest BCUT2D eigenvalue weighted by atomic mass is 35.5. The van der Waals surface area contributed by atoms with Crippen LogP contribution in [0.3, 0.4) is 0 Å². The maximum Gasteiger partial charge on any atom is 0.174 e. The van der Waals surface area contributed by atoms with Gasteiger partial charge in [-0.3, -0.25) is 4.79 Å². The van der Waals surface area contributed by atoms with E-state index in [4.69, 9.17) is 0 Å². The third-order valence-electron chi connectivity index (χ3n) is 4.34. The molecule has 1 N–H and O–H groups in total. The number of ketones is 1. The smallest absolute Gasteiger partial charge is 0.174 e. The van der Waals surface area contributed by atoms with Gasteiger partial charge >= 0.3 is 0 Å². The van der Waals surface area contributed by atoms with E-state index >= 15 is 0 Å². The lowest BCUT2D eigenvalue weighted by atomic mass is 9.81. The number of benzene rings is 2. The van der Waals surface area contributed by atoms with E-state index in [1.807, 2.05) is 60.7 Å². The highest BCUT2D eigenvalue weighted by Crippen LogP contribution is 2.31. The summed E-state index contributed by atoms with van der Waals surface area (Å²) in [7, 11) is 0.